The fourth-order valence-electron chi connectivity index (χ4n) is 0.579. The van der Waals surface area contributed by atoms with E-state index in [9.17, 15) is 8.78 Å². The molecule has 0 atom stereocenters. The molecular formula is C5H5BrF2N2. The molecule has 1 aromatic heterocycles. The van der Waals surface area contributed by atoms with Gasteiger partial charge in [-0.2, -0.15) is 13.9 Å². The Morgan fingerprint density at radius 2 is 2.30 bits per heavy atom. The normalized spacial score (nSPS) is 12.0. The molecule has 10 heavy (non-hydrogen) atoms. The monoisotopic (exact) mass is 210 g/mol. The number of rotatable bonds is 1. The molecule has 0 saturated heterocycles. The standard InChI is InChI=1S/C5H5BrF2N2/c1-5(7,8)4-3(6)2-9-10-4/h2H,1H3,(H,9,10). The third kappa shape index (κ3) is 1.34. The predicted octanol–water partition coefficient (Wildman–Crippen LogP) is 2.28. The Labute approximate surface area is 64.8 Å². The van der Waals surface area contributed by atoms with E-state index in [1.165, 1.54) is 6.20 Å². The summed E-state index contributed by atoms with van der Waals surface area (Å²) in [6.45, 7) is 0.811. The van der Waals surface area contributed by atoms with Gasteiger partial charge in [0.05, 0.1) is 10.7 Å². The Morgan fingerprint density at radius 3 is 2.50 bits per heavy atom. The number of halogens is 3. The van der Waals surface area contributed by atoms with Gasteiger partial charge in [-0.25, -0.2) is 0 Å². The number of hydrogen-bond acceptors (Lipinski definition) is 1. The lowest BCUT2D eigenvalue weighted by Gasteiger charge is -2.06. The lowest BCUT2D eigenvalue weighted by atomic mass is 10.3. The average Bonchev–Trinajstić information content (AvgIpc) is 2.11. The zero-order chi connectivity index (χ0) is 7.78. The average molecular weight is 211 g/mol. The molecule has 0 bridgehead atoms. The minimum absolute atomic E-state index is 0.187. The number of alkyl halides is 2. The Morgan fingerprint density at radius 1 is 1.70 bits per heavy atom. The van der Waals surface area contributed by atoms with Crippen molar-refractivity contribution in [1.29, 1.82) is 0 Å². The zero-order valence-corrected chi connectivity index (χ0v) is 6.74. The molecular weight excluding hydrogens is 206 g/mol. The number of hydrogen-bond donors (Lipinski definition) is 1. The molecule has 0 saturated carbocycles. The molecule has 56 valence electrons. The van der Waals surface area contributed by atoms with Crippen molar-refractivity contribution in [2.75, 3.05) is 0 Å². The van der Waals surface area contributed by atoms with Crippen LogP contribution in [0.5, 0.6) is 0 Å². The van der Waals surface area contributed by atoms with Gasteiger partial charge in [-0.15, -0.1) is 0 Å². The lowest BCUT2D eigenvalue weighted by molar-refractivity contribution is 0.0120. The molecule has 0 fully saturated rings. The maximum Gasteiger partial charge on any atom is 0.287 e. The maximum absolute atomic E-state index is 12.4. The van der Waals surface area contributed by atoms with E-state index in [0.29, 0.717) is 4.47 Å². The van der Waals surface area contributed by atoms with Gasteiger partial charge in [0.25, 0.3) is 5.92 Å². The first-order valence-electron chi connectivity index (χ1n) is 2.59. The SMILES string of the molecule is CC(F)(F)c1[nH]ncc1Br. The quantitative estimate of drug-likeness (QED) is 0.758. The van der Waals surface area contributed by atoms with E-state index in [4.69, 9.17) is 0 Å². The zero-order valence-electron chi connectivity index (χ0n) is 5.16. The molecule has 2 nitrogen and oxygen atoms in total. The highest BCUT2D eigenvalue weighted by Crippen LogP contribution is 2.30. The molecule has 0 unspecified atom stereocenters. The summed E-state index contributed by atoms with van der Waals surface area (Å²) in [5, 5.41) is 5.63. The maximum atomic E-state index is 12.4. The van der Waals surface area contributed by atoms with Crippen LogP contribution in [0.2, 0.25) is 0 Å². The van der Waals surface area contributed by atoms with Gasteiger partial charge in [0.15, 0.2) is 0 Å². The van der Waals surface area contributed by atoms with Crippen LogP contribution in [0.25, 0.3) is 0 Å². The summed E-state index contributed by atoms with van der Waals surface area (Å²) in [7, 11) is 0. The van der Waals surface area contributed by atoms with Gasteiger partial charge in [-0.1, -0.05) is 0 Å². The van der Waals surface area contributed by atoms with E-state index >= 15 is 0 Å². The molecule has 1 heterocycles. The van der Waals surface area contributed by atoms with E-state index < -0.39 is 5.92 Å². The number of H-pyrrole nitrogens is 1. The van der Waals surface area contributed by atoms with Crippen LogP contribution in [0, 0.1) is 0 Å². The second-order valence-corrected chi connectivity index (χ2v) is 2.84. The van der Waals surface area contributed by atoms with Crippen LogP contribution in [0.3, 0.4) is 0 Å². The van der Waals surface area contributed by atoms with Crippen molar-refractivity contribution in [3.05, 3.63) is 16.4 Å². The highest BCUT2D eigenvalue weighted by Gasteiger charge is 2.28. The molecule has 0 aromatic carbocycles. The van der Waals surface area contributed by atoms with Gasteiger partial charge in [-0.05, 0) is 15.9 Å². The summed E-state index contributed by atoms with van der Waals surface area (Å²) in [5.41, 5.74) is -0.187. The third-order valence-electron chi connectivity index (χ3n) is 1.03. The summed E-state index contributed by atoms with van der Waals surface area (Å²) in [6, 6.07) is 0. The molecule has 0 aliphatic carbocycles. The minimum Gasteiger partial charge on any atom is -0.275 e. The molecule has 0 aliphatic heterocycles. The summed E-state index contributed by atoms with van der Waals surface area (Å²) < 4.78 is 25.2. The van der Waals surface area contributed by atoms with E-state index in [-0.39, 0.29) is 5.69 Å². The van der Waals surface area contributed by atoms with E-state index in [1.807, 2.05) is 0 Å². The van der Waals surface area contributed by atoms with Crippen molar-refractivity contribution in [1.82, 2.24) is 10.2 Å². The smallest absolute Gasteiger partial charge is 0.275 e. The number of nitrogens with one attached hydrogen (secondary N) is 1. The highest BCUT2D eigenvalue weighted by atomic mass is 79.9. The first-order valence-corrected chi connectivity index (χ1v) is 3.38. The van der Waals surface area contributed by atoms with Crippen LogP contribution in [0.15, 0.2) is 10.7 Å². The summed E-state index contributed by atoms with van der Waals surface area (Å²) >= 11 is 2.93. The topological polar surface area (TPSA) is 28.7 Å². The van der Waals surface area contributed by atoms with Gasteiger partial charge < -0.3 is 0 Å². The Balaban J connectivity index is 3.05. The van der Waals surface area contributed by atoms with Crippen LogP contribution < -0.4 is 0 Å². The van der Waals surface area contributed by atoms with Gasteiger partial charge in [0.1, 0.15) is 5.69 Å². The summed E-state index contributed by atoms with van der Waals surface area (Å²) in [5.74, 6) is -2.85. The fourth-order valence-corrected chi connectivity index (χ4v) is 1.12. The van der Waals surface area contributed by atoms with Gasteiger partial charge in [0.2, 0.25) is 0 Å². The summed E-state index contributed by atoms with van der Waals surface area (Å²) in [6.07, 6.45) is 1.30. The molecule has 1 rings (SSSR count). The lowest BCUT2D eigenvalue weighted by Crippen LogP contribution is -2.08. The van der Waals surface area contributed by atoms with Crippen molar-refractivity contribution in [2.24, 2.45) is 0 Å². The molecule has 1 N–H and O–H groups in total. The van der Waals surface area contributed by atoms with Gasteiger partial charge in [-0.3, -0.25) is 5.10 Å². The molecule has 1 aromatic rings. The second-order valence-electron chi connectivity index (χ2n) is 1.98. The highest BCUT2D eigenvalue weighted by molar-refractivity contribution is 9.10. The first-order chi connectivity index (χ1) is 4.52. The van der Waals surface area contributed by atoms with Crippen LogP contribution in [-0.4, -0.2) is 10.2 Å². The van der Waals surface area contributed by atoms with Crippen LogP contribution >= 0.6 is 15.9 Å². The van der Waals surface area contributed by atoms with Crippen molar-refractivity contribution in [3.8, 4) is 0 Å². The van der Waals surface area contributed by atoms with Crippen molar-refractivity contribution in [2.45, 2.75) is 12.8 Å². The van der Waals surface area contributed by atoms with Crippen LogP contribution in [-0.2, 0) is 5.92 Å². The number of aromatic amines is 1. The number of aromatic nitrogens is 2. The molecule has 0 aliphatic rings. The third-order valence-corrected chi connectivity index (χ3v) is 1.63. The molecule has 0 spiro atoms. The first kappa shape index (κ1) is 7.65. The second kappa shape index (κ2) is 2.30. The fraction of sp³-hybridized carbons (Fsp3) is 0.400. The van der Waals surface area contributed by atoms with Crippen molar-refractivity contribution >= 4 is 15.9 Å². The molecule has 0 amide bonds. The number of nitrogens with zero attached hydrogens (tertiary/aromatic N) is 1. The van der Waals surface area contributed by atoms with Crippen molar-refractivity contribution in [3.63, 3.8) is 0 Å². The Bertz CT molecular complexity index is 228. The molecule has 0 radical (unpaired) electrons. The van der Waals surface area contributed by atoms with E-state index in [1.54, 1.807) is 0 Å². The minimum atomic E-state index is -2.85. The van der Waals surface area contributed by atoms with Crippen molar-refractivity contribution < 1.29 is 8.78 Å². The largest absolute Gasteiger partial charge is 0.287 e. The van der Waals surface area contributed by atoms with E-state index in [2.05, 4.69) is 26.1 Å². The predicted molar refractivity (Wildman–Crippen MR) is 35.9 cm³/mol. The Kier molecular flexibility index (Phi) is 1.76. The van der Waals surface area contributed by atoms with Gasteiger partial charge in [0, 0.05) is 6.92 Å². The Hall–Kier alpha value is -0.450. The van der Waals surface area contributed by atoms with Gasteiger partial charge >= 0.3 is 0 Å². The van der Waals surface area contributed by atoms with Crippen LogP contribution in [0.1, 0.15) is 12.6 Å². The summed E-state index contributed by atoms with van der Waals surface area (Å²) in [4.78, 5) is 0. The molecule has 5 heteroatoms. The van der Waals surface area contributed by atoms with E-state index in [0.717, 1.165) is 6.92 Å². The van der Waals surface area contributed by atoms with Crippen LogP contribution in [0.4, 0.5) is 8.78 Å².